The molecule has 0 atom stereocenters. The quantitative estimate of drug-likeness (QED) is 0.375. The molecule has 1 aliphatic carbocycles. The summed E-state index contributed by atoms with van der Waals surface area (Å²) in [6.07, 6.45) is 5.03. The van der Waals surface area contributed by atoms with Crippen LogP contribution in [-0.4, -0.2) is 40.9 Å². The van der Waals surface area contributed by atoms with E-state index in [0.717, 1.165) is 32.1 Å². The maximum atomic E-state index is 12.5. The van der Waals surface area contributed by atoms with E-state index in [-0.39, 0.29) is 39.4 Å². The van der Waals surface area contributed by atoms with Crippen LogP contribution in [-0.2, 0) is 0 Å². The van der Waals surface area contributed by atoms with Gasteiger partial charge in [0, 0.05) is 24.8 Å². The third kappa shape index (κ3) is 5.33. The van der Waals surface area contributed by atoms with Crippen molar-refractivity contribution in [3.05, 3.63) is 44.7 Å². The number of amides is 2. The van der Waals surface area contributed by atoms with E-state index in [1.165, 1.54) is 19.2 Å². The number of halogens is 1. The lowest BCUT2D eigenvalue weighted by Gasteiger charge is -2.33. The van der Waals surface area contributed by atoms with E-state index in [1.54, 1.807) is 6.07 Å². The van der Waals surface area contributed by atoms with Crippen LogP contribution in [0.3, 0.4) is 0 Å². The number of rotatable bonds is 7. The fraction of sp³-hybridized carbons (Fsp3) is 0.400. The molecular formula is C20H26ClN7O3. The van der Waals surface area contributed by atoms with E-state index in [0.29, 0.717) is 12.2 Å². The highest BCUT2D eigenvalue weighted by molar-refractivity contribution is 6.34. The van der Waals surface area contributed by atoms with Crippen molar-refractivity contribution in [3.63, 3.8) is 0 Å². The van der Waals surface area contributed by atoms with E-state index in [1.807, 2.05) is 0 Å². The van der Waals surface area contributed by atoms with Crippen molar-refractivity contribution in [2.24, 2.45) is 11.5 Å². The maximum Gasteiger partial charge on any atom is 0.267 e. The van der Waals surface area contributed by atoms with Crippen LogP contribution < -0.4 is 33.0 Å². The molecule has 2 amide bonds. The Morgan fingerprint density at radius 1 is 1.26 bits per heavy atom. The first-order valence-electron chi connectivity index (χ1n) is 9.98. The van der Waals surface area contributed by atoms with Crippen LogP contribution in [0.4, 0.5) is 17.5 Å². The first-order chi connectivity index (χ1) is 14.7. The first-order valence-corrected chi connectivity index (χ1v) is 10.4. The van der Waals surface area contributed by atoms with Crippen molar-refractivity contribution in [1.29, 1.82) is 0 Å². The van der Waals surface area contributed by atoms with Crippen molar-refractivity contribution in [2.75, 3.05) is 24.2 Å². The lowest BCUT2D eigenvalue weighted by Crippen LogP contribution is -2.48. The van der Waals surface area contributed by atoms with E-state index in [4.69, 9.17) is 23.1 Å². The molecule has 3 rings (SSSR count). The number of aromatic amines is 1. The minimum Gasteiger partial charge on any atom is -0.365 e. The molecule has 1 aromatic carbocycles. The molecule has 166 valence electrons. The molecule has 1 aliphatic rings. The molecule has 0 aliphatic heterocycles. The van der Waals surface area contributed by atoms with Crippen molar-refractivity contribution in [3.8, 4) is 0 Å². The molecule has 31 heavy (non-hydrogen) atoms. The molecule has 0 radical (unpaired) electrons. The summed E-state index contributed by atoms with van der Waals surface area (Å²) in [6.45, 7) is 0.424. The monoisotopic (exact) mass is 447 g/mol. The number of anilines is 3. The molecule has 0 unspecified atom stereocenters. The van der Waals surface area contributed by atoms with Crippen LogP contribution >= 0.6 is 11.6 Å². The number of nitrogens with one attached hydrogen (secondary N) is 4. The number of H-pyrrole nitrogens is 1. The van der Waals surface area contributed by atoms with Gasteiger partial charge in [-0.25, -0.2) is 0 Å². The highest BCUT2D eigenvalue weighted by Gasteiger charge is 2.27. The Bertz CT molecular complexity index is 1050. The molecule has 1 aromatic heterocycles. The average Bonchev–Trinajstić information content (AvgIpc) is 2.73. The lowest BCUT2D eigenvalue weighted by molar-refractivity contribution is 0.0961. The molecule has 8 N–H and O–H groups in total. The highest BCUT2D eigenvalue weighted by atomic mass is 35.5. The maximum absolute atomic E-state index is 12.5. The summed E-state index contributed by atoms with van der Waals surface area (Å²) in [5.74, 6) is -1.20. The summed E-state index contributed by atoms with van der Waals surface area (Å²) in [5, 5.41) is 8.70. The zero-order valence-corrected chi connectivity index (χ0v) is 17.9. The normalized spacial score (nSPS) is 15.2. The Hall–Kier alpha value is -3.11. The predicted molar refractivity (Wildman–Crippen MR) is 120 cm³/mol. The van der Waals surface area contributed by atoms with E-state index < -0.39 is 11.5 Å². The van der Waals surface area contributed by atoms with Crippen LogP contribution in [0.15, 0.2) is 23.0 Å². The van der Waals surface area contributed by atoms with Gasteiger partial charge in [-0.15, -0.1) is 0 Å². The predicted octanol–water partition coefficient (Wildman–Crippen LogP) is 1.70. The van der Waals surface area contributed by atoms with Gasteiger partial charge in [0.2, 0.25) is 5.95 Å². The average molecular weight is 448 g/mol. The molecule has 2 aromatic rings. The minimum absolute atomic E-state index is 0.0429. The topological polar surface area (TPSA) is 168 Å². The molecule has 0 spiro atoms. The molecule has 1 saturated carbocycles. The first kappa shape index (κ1) is 22.6. The smallest absolute Gasteiger partial charge is 0.267 e. The number of hydrogen-bond acceptors (Lipinski definition) is 7. The fourth-order valence-corrected chi connectivity index (χ4v) is 3.82. The van der Waals surface area contributed by atoms with E-state index in [2.05, 4.69) is 25.9 Å². The Morgan fingerprint density at radius 2 is 1.97 bits per heavy atom. The summed E-state index contributed by atoms with van der Waals surface area (Å²) in [5.41, 5.74) is 11.0. The third-order valence-electron chi connectivity index (χ3n) is 5.32. The van der Waals surface area contributed by atoms with Gasteiger partial charge in [0.1, 0.15) is 5.56 Å². The van der Waals surface area contributed by atoms with E-state index in [9.17, 15) is 14.4 Å². The van der Waals surface area contributed by atoms with Crippen LogP contribution in [0.25, 0.3) is 0 Å². The number of nitrogens with zero attached hydrogens (tertiary/aromatic N) is 1. The van der Waals surface area contributed by atoms with Crippen LogP contribution in [0.2, 0.25) is 5.02 Å². The van der Waals surface area contributed by atoms with Gasteiger partial charge in [-0.2, -0.15) is 4.98 Å². The number of carbonyl (C=O) groups is 2. The summed E-state index contributed by atoms with van der Waals surface area (Å²) in [4.78, 5) is 43.2. The van der Waals surface area contributed by atoms with Crippen LogP contribution in [0.5, 0.6) is 0 Å². The third-order valence-corrected chi connectivity index (χ3v) is 5.65. The van der Waals surface area contributed by atoms with E-state index >= 15 is 0 Å². The molecule has 11 heteroatoms. The molecule has 10 nitrogen and oxygen atoms in total. The minimum atomic E-state index is -0.939. The Labute approximate surface area is 184 Å². The zero-order chi connectivity index (χ0) is 22.6. The standard InChI is InChI=1S/C20H26ClN7O3/c1-24-17(30)12-9-11(5-6-13(12)21)26-16-14(15(22)29)18(31)28-19(27-16)25-10-20(23)7-3-2-4-8-20/h5-6,9H,2-4,7-8,10,23H2,1H3,(H2,22,29)(H,24,30)(H3,25,26,27,28,31). The summed E-state index contributed by atoms with van der Waals surface area (Å²) >= 11 is 6.08. The number of primary amides is 1. The Balaban J connectivity index is 1.90. The Morgan fingerprint density at radius 3 is 2.61 bits per heavy atom. The lowest BCUT2D eigenvalue weighted by atomic mass is 9.82. The SMILES string of the molecule is CNC(=O)c1cc(Nc2nc(NCC3(N)CCCCC3)[nH]c(=O)c2C(N)=O)ccc1Cl. The van der Waals surface area contributed by atoms with Gasteiger partial charge in [0.05, 0.1) is 10.6 Å². The van der Waals surface area contributed by atoms with Crippen molar-refractivity contribution in [1.82, 2.24) is 15.3 Å². The number of aromatic nitrogens is 2. The second-order valence-electron chi connectivity index (χ2n) is 7.68. The van der Waals surface area contributed by atoms with Crippen LogP contribution in [0.1, 0.15) is 52.8 Å². The molecule has 1 fully saturated rings. The summed E-state index contributed by atoms with van der Waals surface area (Å²) in [7, 11) is 1.48. The van der Waals surface area contributed by atoms with Gasteiger partial charge in [-0.3, -0.25) is 19.4 Å². The zero-order valence-electron chi connectivity index (χ0n) is 17.2. The highest BCUT2D eigenvalue weighted by Crippen LogP contribution is 2.27. The Kier molecular flexibility index (Phi) is 6.81. The second-order valence-corrected chi connectivity index (χ2v) is 8.08. The number of nitrogens with two attached hydrogens (primary N) is 2. The molecule has 0 saturated heterocycles. The second kappa shape index (κ2) is 9.36. The number of carbonyl (C=O) groups excluding carboxylic acids is 2. The van der Waals surface area contributed by atoms with Crippen LogP contribution in [0, 0.1) is 0 Å². The molecule has 1 heterocycles. The number of hydrogen-bond donors (Lipinski definition) is 6. The summed E-state index contributed by atoms with van der Waals surface area (Å²) < 4.78 is 0. The van der Waals surface area contributed by atoms with Crippen molar-refractivity contribution in [2.45, 2.75) is 37.6 Å². The summed E-state index contributed by atoms with van der Waals surface area (Å²) in [6, 6.07) is 4.59. The fourth-order valence-electron chi connectivity index (χ4n) is 3.62. The number of benzene rings is 1. The van der Waals surface area contributed by atoms with Gasteiger partial charge < -0.3 is 27.4 Å². The van der Waals surface area contributed by atoms with Crippen molar-refractivity contribution >= 4 is 40.9 Å². The van der Waals surface area contributed by atoms with Gasteiger partial charge >= 0.3 is 0 Å². The van der Waals surface area contributed by atoms with Gasteiger partial charge in [-0.05, 0) is 31.0 Å². The van der Waals surface area contributed by atoms with Gasteiger partial charge in [0.25, 0.3) is 17.4 Å². The van der Waals surface area contributed by atoms with Gasteiger partial charge in [0.15, 0.2) is 5.82 Å². The van der Waals surface area contributed by atoms with Gasteiger partial charge in [-0.1, -0.05) is 30.9 Å². The largest absolute Gasteiger partial charge is 0.365 e. The van der Waals surface area contributed by atoms with Crippen molar-refractivity contribution < 1.29 is 9.59 Å². The molecule has 0 bridgehead atoms. The molecular weight excluding hydrogens is 422 g/mol.